The molecule has 2 aromatic heterocycles. The lowest BCUT2D eigenvalue weighted by Crippen LogP contribution is -2.40. The number of aliphatic hydroxyl groups excluding tert-OH is 1. The van der Waals surface area contributed by atoms with Gasteiger partial charge in [0, 0.05) is 19.7 Å². The zero-order valence-electron chi connectivity index (χ0n) is 14.2. The Labute approximate surface area is 146 Å². The third-order valence-electron chi connectivity index (χ3n) is 4.96. The van der Waals surface area contributed by atoms with Crippen molar-refractivity contribution in [1.82, 2.24) is 9.88 Å². The van der Waals surface area contributed by atoms with E-state index in [2.05, 4.69) is 4.98 Å². The highest BCUT2D eigenvalue weighted by atomic mass is 32.1. The summed E-state index contributed by atoms with van der Waals surface area (Å²) in [5, 5.41) is 11.2. The highest BCUT2D eigenvalue weighted by Gasteiger charge is 2.27. The summed E-state index contributed by atoms with van der Waals surface area (Å²) in [6.07, 6.45) is 4.18. The molecule has 1 saturated carbocycles. The van der Waals surface area contributed by atoms with Crippen molar-refractivity contribution in [2.24, 2.45) is 5.92 Å². The Balaban J connectivity index is 1.62. The monoisotopic (exact) mass is 348 g/mol. The molecule has 0 spiro atoms. The quantitative estimate of drug-likeness (QED) is 0.900. The maximum atomic E-state index is 12.6. The minimum absolute atomic E-state index is 0.0802. The first-order valence-corrected chi connectivity index (χ1v) is 9.33. The van der Waals surface area contributed by atoms with Crippen LogP contribution in [0.1, 0.15) is 37.1 Å². The Morgan fingerprint density at radius 1 is 1.42 bits per heavy atom. The van der Waals surface area contributed by atoms with Crippen molar-refractivity contribution >= 4 is 17.2 Å². The molecular weight excluding hydrogens is 324 g/mol. The van der Waals surface area contributed by atoms with Crippen molar-refractivity contribution in [1.29, 1.82) is 0 Å². The molecule has 5 nitrogen and oxygen atoms in total. The van der Waals surface area contributed by atoms with Crippen molar-refractivity contribution in [2.75, 3.05) is 13.7 Å². The lowest BCUT2D eigenvalue weighted by atomic mass is 9.86. The number of aromatic nitrogens is 1. The fourth-order valence-corrected chi connectivity index (χ4v) is 3.93. The van der Waals surface area contributed by atoms with Crippen molar-refractivity contribution in [3.05, 3.63) is 29.0 Å². The van der Waals surface area contributed by atoms with Gasteiger partial charge in [0.15, 0.2) is 0 Å². The molecule has 6 heteroatoms. The number of hydrogen-bond acceptors (Lipinski definition) is 5. The zero-order valence-corrected chi connectivity index (χ0v) is 15.0. The van der Waals surface area contributed by atoms with Crippen molar-refractivity contribution < 1.29 is 14.3 Å². The van der Waals surface area contributed by atoms with Crippen molar-refractivity contribution in [3.63, 3.8) is 0 Å². The molecule has 1 fully saturated rings. The van der Waals surface area contributed by atoms with Gasteiger partial charge in [0.2, 0.25) is 11.8 Å². The van der Waals surface area contributed by atoms with Gasteiger partial charge < -0.3 is 14.4 Å². The summed E-state index contributed by atoms with van der Waals surface area (Å²) < 4.78 is 5.71. The molecule has 130 valence electrons. The van der Waals surface area contributed by atoms with Gasteiger partial charge in [0.25, 0.3) is 0 Å². The number of likely N-dealkylation sites (N-methyl/N-ethyl adjacent to an activating group) is 1. The summed E-state index contributed by atoms with van der Waals surface area (Å²) in [6.45, 7) is 2.12. The third-order valence-corrected chi connectivity index (χ3v) is 5.82. The molecule has 0 unspecified atom stereocenters. The van der Waals surface area contributed by atoms with E-state index in [1.165, 1.54) is 0 Å². The minimum atomic E-state index is 0.0802. The van der Waals surface area contributed by atoms with E-state index >= 15 is 0 Å². The summed E-state index contributed by atoms with van der Waals surface area (Å²) in [6, 6.07) is 4.19. The molecule has 2 aromatic rings. The van der Waals surface area contributed by atoms with Crippen LogP contribution < -0.4 is 0 Å². The number of thiophene rings is 1. The van der Waals surface area contributed by atoms with Gasteiger partial charge in [-0.2, -0.15) is 0 Å². The van der Waals surface area contributed by atoms with Gasteiger partial charge in [-0.15, -0.1) is 11.3 Å². The first-order valence-electron chi connectivity index (χ1n) is 8.45. The van der Waals surface area contributed by atoms with E-state index < -0.39 is 0 Å². The van der Waals surface area contributed by atoms with Crippen LogP contribution in [0.4, 0.5) is 0 Å². The maximum Gasteiger partial charge on any atom is 0.236 e. The molecule has 0 saturated heterocycles. The van der Waals surface area contributed by atoms with E-state index in [9.17, 15) is 9.90 Å². The molecule has 2 heterocycles. The van der Waals surface area contributed by atoms with Crippen LogP contribution in [0.3, 0.4) is 0 Å². The lowest BCUT2D eigenvalue weighted by Gasteiger charge is -2.34. The molecule has 0 atom stereocenters. The Hall–Kier alpha value is -1.66. The van der Waals surface area contributed by atoms with E-state index in [-0.39, 0.29) is 25.0 Å². The van der Waals surface area contributed by atoms with Crippen molar-refractivity contribution in [2.45, 2.75) is 45.1 Å². The molecule has 3 rings (SSSR count). The molecule has 1 aliphatic carbocycles. The van der Waals surface area contributed by atoms with Gasteiger partial charge in [-0.3, -0.25) is 4.79 Å². The van der Waals surface area contributed by atoms with Crippen LogP contribution in [0, 0.1) is 12.8 Å². The van der Waals surface area contributed by atoms with Gasteiger partial charge >= 0.3 is 0 Å². The van der Waals surface area contributed by atoms with E-state index in [0.29, 0.717) is 17.6 Å². The second-order valence-corrected chi connectivity index (χ2v) is 7.49. The topological polar surface area (TPSA) is 66.6 Å². The average Bonchev–Trinajstić information content (AvgIpc) is 3.24. The normalized spacial score (nSPS) is 21.0. The van der Waals surface area contributed by atoms with Crippen LogP contribution in [0.25, 0.3) is 10.8 Å². The van der Waals surface area contributed by atoms with Crippen molar-refractivity contribution in [3.8, 4) is 10.8 Å². The van der Waals surface area contributed by atoms with Crippen LogP contribution in [-0.4, -0.2) is 40.6 Å². The number of hydrogen-bond donors (Lipinski definition) is 1. The molecular formula is C18H24N2O3S. The maximum absolute atomic E-state index is 12.6. The summed E-state index contributed by atoms with van der Waals surface area (Å²) in [7, 11) is 1.88. The van der Waals surface area contributed by atoms with E-state index in [0.717, 1.165) is 36.3 Å². The van der Waals surface area contributed by atoms with Gasteiger partial charge in [-0.25, -0.2) is 4.98 Å². The zero-order chi connectivity index (χ0) is 17.1. The molecule has 1 amide bonds. The average molecular weight is 348 g/mol. The number of oxazole rings is 1. The van der Waals surface area contributed by atoms with Gasteiger partial charge in [0.1, 0.15) is 5.76 Å². The first-order chi connectivity index (χ1) is 11.6. The Morgan fingerprint density at radius 2 is 2.17 bits per heavy atom. The summed E-state index contributed by atoms with van der Waals surface area (Å²) >= 11 is 1.58. The number of nitrogens with zero attached hydrogens (tertiary/aromatic N) is 2. The molecule has 0 aromatic carbocycles. The Kier molecular flexibility index (Phi) is 5.36. The fourth-order valence-electron chi connectivity index (χ4n) is 3.28. The number of carbonyl (C=O) groups is 1. The van der Waals surface area contributed by atoms with E-state index in [4.69, 9.17) is 4.42 Å². The summed E-state index contributed by atoms with van der Waals surface area (Å²) in [5.74, 6) is 1.79. The van der Waals surface area contributed by atoms with E-state index in [1.807, 2.05) is 36.4 Å². The number of aryl methyl sites for hydroxylation is 1. The van der Waals surface area contributed by atoms with Gasteiger partial charge in [0.05, 0.1) is 17.0 Å². The number of amides is 1. The van der Waals surface area contributed by atoms with Crippen LogP contribution in [0.2, 0.25) is 0 Å². The molecule has 0 aliphatic heterocycles. The van der Waals surface area contributed by atoms with Crippen LogP contribution >= 0.6 is 11.3 Å². The molecule has 24 heavy (non-hydrogen) atoms. The van der Waals surface area contributed by atoms with E-state index in [1.54, 1.807) is 11.3 Å². The summed E-state index contributed by atoms with van der Waals surface area (Å²) in [4.78, 5) is 19.9. The molecule has 0 radical (unpaired) electrons. The Bertz CT molecular complexity index is 673. The lowest BCUT2D eigenvalue weighted by molar-refractivity contribution is -0.132. The molecule has 1 aliphatic rings. The number of rotatable bonds is 5. The highest BCUT2D eigenvalue weighted by molar-refractivity contribution is 7.13. The highest BCUT2D eigenvalue weighted by Crippen LogP contribution is 2.28. The SMILES string of the molecule is Cc1oc(-c2cccs2)nc1CC(=O)N(C)C1CCC(CO)CC1. The van der Waals surface area contributed by atoms with Crippen LogP contribution in [-0.2, 0) is 11.2 Å². The standard InChI is InChI=1S/C18H24N2O3S/c1-12-15(19-18(23-12)16-4-3-9-24-16)10-17(22)20(2)14-7-5-13(11-21)6-8-14/h3-4,9,13-14,21H,5-8,10-11H2,1-2H3. The predicted octanol–water partition coefficient (Wildman–Crippen LogP) is 3.26. The Morgan fingerprint density at radius 3 is 2.79 bits per heavy atom. The van der Waals surface area contributed by atoms with Crippen LogP contribution in [0.15, 0.2) is 21.9 Å². The molecule has 1 N–H and O–H groups in total. The van der Waals surface area contributed by atoms with Gasteiger partial charge in [-0.1, -0.05) is 6.07 Å². The first kappa shape index (κ1) is 17.2. The number of carbonyl (C=O) groups excluding carboxylic acids is 1. The fraction of sp³-hybridized carbons (Fsp3) is 0.556. The van der Waals surface area contributed by atoms with Crippen LogP contribution in [0.5, 0.6) is 0 Å². The largest absolute Gasteiger partial charge is 0.440 e. The van der Waals surface area contributed by atoms with Gasteiger partial charge in [-0.05, 0) is 50.0 Å². The second-order valence-electron chi connectivity index (χ2n) is 6.54. The smallest absolute Gasteiger partial charge is 0.236 e. The number of aliphatic hydroxyl groups is 1. The minimum Gasteiger partial charge on any atom is -0.440 e. The molecule has 0 bridgehead atoms. The second kappa shape index (κ2) is 7.49. The summed E-state index contributed by atoms with van der Waals surface area (Å²) in [5.41, 5.74) is 0.722. The predicted molar refractivity (Wildman–Crippen MR) is 93.9 cm³/mol. The third kappa shape index (κ3) is 3.70.